The van der Waals surface area contributed by atoms with Gasteiger partial charge in [-0.15, -0.1) is 0 Å². The van der Waals surface area contributed by atoms with Crippen molar-refractivity contribution in [2.45, 2.75) is 13.5 Å². The smallest absolute Gasteiger partial charge is 0.255 e. The van der Waals surface area contributed by atoms with Gasteiger partial charge in [-0.05, 0) is 42.8 Å². The second-order valence-corrected chi connectivity index (χ2v) is 8.09. The van der Waals surface area contributed by atoms with E-state index in [0.29, 0.717) is 29.2 Å². The summed E-state index contributed by atoms with van der Waals surface area (Å²) in [6.45, 7) is 2.10. The molecule has 29 heavy (non-hydrogen) atoms. The van der Waals surface area contributed by atoms with Crippen molar-refractivity contribution in [1.82, 2.24) is 10.1 Å². The molecule has 0 fully saturated rings. The standard InChI is InChI=1S/C21H21N3O4S/c1-16-14-20(22-28-16)15-24(2)21(25)18-8-10-19(11-9-18)23-29(26,27)13-12-17-6-4-3-5-7-17/h3-14,23H,15H2,1-2H3/b13-12+. The maximum Gasteiger partial charge on any atom is 0.255 e. The van der Waals surface area contributed by atoms with Crippen molar-refractivity contribution in [3.8, 4) is 0 Å². The summed E-state index contributed by atoms with van der Waals surface area (Å²) in [4.78, 5) is 14.0. The number of hydrogen-bond donors (Lipinski definition) is 1. The molecule has 0 saturated heterocycles. The van der Waals surface area contributed by atoms with Crippen molar-refractivity contribution in [3.05, 3.63) is 88.7 Å². The zero-order chi connectivity index (χ0) is 20.9. The highest BCUT2D eigenvalue weighted by Gasteiger charge is 2.14. The van der Waals surface area contributed by atoms with Crippen molar-refractivity contribution in [3.63, 3.8) is 0 Å². The second kappa shape index (κ2) is 8.74. The number of carbonyl (C=O) groups excluding carboxylic acids is 1. The fourth-order valence-corrected chi connectivity index (χ4v) is 3.51. The van der Waals surface area contributed by atoms with Crippen molar-refractivity contribution in [2.24, 2.45) is 0 Å². The van der Waals surface area contributed by atoms with E-state index >= 15 is 0 Å². The monoisotopic (exact) mass is 411 g/mol. The molecule has 2 aromatic carbocycles. The lowest BCUT2D eigenvalue weighted by Gasteiger charge is -2.15. The molecule has 0 unspecified atom stereocenters. The summed E-state index contributed by atoms with van der Waals surface area (Å²) >= 11 is 0. The Hall–Kier alpha value is -3.39. The molecule has 1 aromatic heterocycles. The van der Waals surface area contributed by atoms with Gasteiger partial charge in [-0.1, -0.05) is 35.5 Å². The molecule has 1 N–H and O–H groups in total. The van der Waals surface area contributed by atoms with Gasteiger partial charge < -0.3 is 9.42 Å². The first kappa shape index (κ1) is 20.3. The van der Waals surface area contributed by atoms with Crippen LogP contribution in [0.5, 0.6) is 0 Å². The number of anilines is 1. The minimum Gasteiger partial charge on any atom is -0.361 e. The van der Waals surface area contributed by atoms with Crippen LogP contribution < -0.4 is 4.72 Å². The lowest BCUT2D eigenvalue weighted by molar-refractivity contribution is 0.0782. The number of sulfonamides is 1. The van der Waals surface area contributed by atoms with Gasteiger partial charge in [0.2, 0.25) is 0 Å². The number of carbonyl (C=O) groups is 1. The molecule has 3 rings (SSSR count). The molecule has 0 saturated carbocycles. The molecule has 3 aromatic rings. The van der Waals surface area contributed by atoms with E-state index in [1.165, 1.54) is 11.0 Å². The average molecular weight is 411 g/mol. The molecule has 0 aliphatic carbocycles. The first-order chi connectivity index (χ1) is 13.8. The van der Waals surface area contributed by atoms with Crippen LogP contribution in [0.4, 0.5) is 5.69 Å². The van der Waals surface area contributed by atoms with E-state index in [-0.39, 0.29) is 5.91 Å². The van der Waals surface area contributed by atoms with Crippen LogP contribution in [0.15, 0.2) is 70.6 Å². The Morgan fingerprint density at radius 2 is 1.83 bits per heavy atom. The zero-order valence-corrected chi connectivity index (χ0v) is 16.9. The number of hydrogen-bond acceptors (Lipinski definition) is 5. The van der Waals surface area contributed by atoms with E-state index in [2.05, 4.69) is 9.88 Å². The Morgan fingerprint density at radius 3 is 2.45 bits per heavy atom. The number of benzene rings is 2. The van der Waals surface area contributed by atoms with Crippen LogP contribution in [-0.4, -0.2) is 31.4 Å². The third-order valence-corrected chi connectivity index (χ3v) is 5.07. The highest BCUT2D eigenvalue weighted by Crippen LogP contribution is 2.15. The SMILES string of the molecule is Cc1cc(CN(C)C(=O)c2ccc(NS(=O)(=O)/C=C/c3ccccc3)cc2)no1. The Morgan fingerprint density at radius 1 is 1.14 bits per heavy atom. The van der Waals surface area contributed by atoms with Gasteiger partial charge in [0.25, 0.3) is 15.9 Å². The number of aryl methyl sites for hydroxylation is 1. The van der Waals surface area contributed by atoms with Gasteiger partial charge in [0.1, 0.15) is 11.5 Å². The van der Waals surface area contributed by atoms with E-state index in [4.69, 9.17) is 4.52 Å². The predicted molar refractivity (Wildman–Crippen MR) is 111 cm³/mol. The zero-order valence-electron chi connectivity index (χ0n) is 16.1. The number of amides is 1. The van der Waals surface area contributed by atoms with E-state index in [0.717, 1.165) is 11.0 Å². The maximum absolute atomic E-state index is 12.5. The van der Waals surface area contributed by atoms with Gasteiger partial charge in [-0.2, -0.15) is 0 Å². The minimum atomic E-state index is -3.67. The molecule has 0 radical (unpaired) electrons. The van der Waals surface area contributed by atoms with Crippen LogP contribution >= 0.6 is 0 Å². The number of nitrogens with zero attached hydrogens (tertiary/aromatic N) is 2. The van der Waals surface area contributed by atoms with Crippen LogP contribution in [0, 0.1) is 6.92 Å². The molecule has 1 amide bonds. The number of aromatic nitrogens is 1. The average Bonchev–Trinajstić information content (AvgIpc) is 3.11. The molecule has 1 heterocycles. The topological polar surface area (TPSA) is 92.5 Å². The summed E-state index contributed by atoms with van der Waals surface area (Å²) in [7, 11) is -2.00. The third kappa shape index (κ3) is 5.79. The van der Waals surface area contributed by atoms with Crippen LogP contribution in [0.2, 0.25) is 0 Å². The fraction of sp³-hybridized carbons (Fsp3) is 0.143. The molecular formula is C21H21N3O4S. The summed E-state index contributed by atoms with van der Waals surface area (Å²) in [5, 5.41) is 4.98. The van der Waals surface area contributed by atoms with Crippen molar-refractivity contribution in [1.29, 1.82) is 0 Å². The Bertz CT molecular complexity index is 1100. The highest BCUT2D eigenvalue weighted by atomic mass is 32.2. The lowest BCUT2D eigenvalue weighted by Crippen LogP contribution is -2.26. The fourth-order valence-electron chi connectivity index (χ4n) is 2.64. The number of rotatable bonds is 7. The van der Waals surface area contributed by atoms with Crippen molar-refractivity contribution in [2.75, 3.05) is 11.8 Å². The Kier molecular flexibility index (Phi) is 6.13. The summed E-state index contributed by atoms with van der Waals surface area (Å²) < 4.78 is 31.9. The summed E-state index contributed by atoms with van der Waals surface area (Å²) in [6, 6.07) is 17.2. The van der Waals surface area contributed by atoms with E-state index in [1.807, 2.05) is 30.3 Å². The largest absolute Gasteiger partial charge is 0.361 e. The van der Waals surface area contributed by atoms with Gasteiger partial charge in [0, 0.05) is 24.4 Å². The molecule has 0 spiro atoms. The molecule has 0 atom stereocenters. The highest BCUT2D eigenvalue weighted by molar-refractivity contribution is 7.95. The van der Waals surface area contributed by atoms with Crippen molar-refractivity contribution >= 4 is 27.7 Å². The van der Waals surface area contributed by atoms with Crippen LogP contribution in [0.25, 0.3) is 6.08 Å². The first-order valence-corrected chi connectivity index (χ1v) is 10.4. The molecule has 0 bridgehead atoms. The van der Waals surface area contributed by atoms with Crippen molar-refractivity contribution < 1.29 is 17.7 Å². The van der Waals surface area contributed by atoms with Crippen LogP contribution in [0.3, 0.4) is 0 Å². The van der Waals surface area contributed by atoms with Crippen LogP contribution in [-0.2, 0) is 16.6 Å². The quantitative estimate of drug-likeness (QED) is 0.640. The van der Waals surface area contributed by atoms with E-state index < -0.39 is 10.0 Å². The molecule has 0 aliphatic heterocycles. The molecular weight excluding hydrogens is 390 g/mol. The van der Waals surface area contributed by atoms with Gasteiger partial charge in [-0.25, -0.2) is 8.42 Å². The Labute approximate surface area is 169 Å². The minimum absolute atomic E-state index is 0.205. The summed E-state index contributed by atoms with van der Waals surface area (Å²) in [5.74, 6) is 0.475. The molecule has 8 heteroatoms. The predicted octanol–water partition coefficient (Wildman–Crippen LogP) is 3.67. The normalized spacial score (nSPS) is 11.5. The van der Waals surface area contributed by atoms with E-state index in [1.54, 1.807) is 44.3 Å². The first-order valence-electron chi connectivity index (χ1n) is 8.86. The summed E-state index contributed by atoms with van der Waals surface area (Å²) in [5.41, 5.74) is 2.25. The second-order valence-electron chi connectivity index (χ2n) is 6.53. The maximum atomic E-state index is 12.5. The molecule has 7 nitrogen and oxygen atoms in total. The number of nitrogens with one attached hydrogen (secondary N) is 1. The molecule has 0 aliphatic rings. The van der Waals surface area contributed by atoms with Gasteiger partial charge in [0.15, 0.2) is 0 Å². The Balaban J connectivity index is 1.63. The molecule has 150 valence electrons. The van der Waals surface area contributed by atoms with E-state index in [9.17, 15) is 13.2 Å². The third-order valence-electron chi connectivity index (χ3n) is 4.05. The van der Waals surface area contributed by atoms with Crippen LogP contribution in [0.1, 0.15) is 27.4 Å². The van der Waals surface area contributed by atoms with Gasteiger partial charge in [0.05, 0.1) is 12.0 Å². The summed E-state index contributed by atoms with van der Waals surface area (Å²) in [6.07, 6.45) is 1.51. The van der Waals surface area contributed by atoms with Gasteiger partial charge in [-0.3, -0.25) is 9.52 Å². The lowest BCUT2D eigenvalue weighted by atomic mass is 10.2. The van der Waals surface area contributed by atoms with Gasteiger partial charge >= 0.3 is 0 Å².